The van der Waals surface area contributed by atoms with Crippen LogP contribution in [0.2, 0.25) is 0 Å². The number of halogens is 5. The molecule has 36 heavy (non-hydrogen) atoms. The van der Waals surface area contributed by atoms with E-state index in [9.17, 15) is 31.5 Å². The zero-order valence-electron chi connectivity index (χ0n) is 17.8. The van der Waals surface area contributed by atoms with Gasteiger partial charge in [0, 0.05) is 24.7 Å². The average Bonchev–Trinajstić information content (AvgIpc) is 3.37. The number of imidazole rings is 1. The van der Waals surface area contributed by atoms with Crippen LogP contribution >= 0.6 is 0 Å². The zero-order valence-corrected chi connectivity index (χ0v) is 17.8. The molecule has 4 aromatic heterocycles. The number of nitrogens with zero attached hydrogens (tertiary/aromatic N) is 5. The van der Waals surface area contributed by atoms with E-state index in [2.05, 4.69) is 29.8 Å². The van der Waals surface area contributed by atoms with Gasteiger partial charge in [0.1, 0.15) is 11.4 Å². The second kappa shape index (κ2) is 8.31. The molecule has 0 aliphatic carbocycles. The van der Waals surface area contributed by atoms with Crippen LogP contribution in [0.15, 0.2) is 52.6 Å². The molecule has 188 valence electrons. The van der Waals surface area contributed by atoms with E-state index in [1.807, 2.05) is 0 Å². The molecule has 1 aliphatic heterocycles. The third-order valence-electron chi connectivity index (χ3n) is 5.24. The molecule has 0 radical (unpaired) electrons. The Hall–Kier alpha value is -4.50. The zero-order chi connectivity index (χ0) is 25.7. The third kappa shape index (κ3) is 4.56. The first kappa shape index (κ1) is 23.3. The van der Waals surface area contributed by atoms with Crippen LogP contribution in [0, 0.1) is 0 Å². The van der Waals surface area contributed by atoms with Crippen molar-refractivity contribution in [2.24, 2.45) is 0 Å². The quantitative estimate of drug-likeness (QED) is 0.389. The summed E-state index contributed by atoms with van der Waals surface area (Å²) in [5.74, 6) is -4.33. The van der Waals surface area contributed by atoms with Crippen molar-refractivity contribution < 1.29 is 31.4 Å². The Balaban J connectivity index is 1.43. The fourth-order valence-electron chi connectivity index (χ4n) is 3.70. The molecule has 5 heterocycles. The van der Waals surface area contributed by atoms with Gasteiger partial charge in [0.25, 0.3) is 5.56 Å². The molecular weight excluding hydrogens is 497 g/mol. The van der Waals surface area contributed by atoms with Gasteiger partial charge < -0.3 is 19.4 Å². The van der Waals surface area contributed by atoms with Crippen LogP contribution in [0.1, 0.15) is 0 Å². The molecular formula is C20H14F5N7O4. The van der Waals surface area contributed by atoms with Gasteiger partial charge in [-0.05, 0) is 12.1 Å². The van der Waals surface area contributed by atoms with E-state index in [-0.39, 0.29) is 35.0 Å². The molecule has 0 amide bonds. The molecule has 5 rings (SSSR count). The van der Waals surface area contributed by atoms with Crippen LogP contribution in [0.5, 0.6) is 11.6 Å². The van der Waals surface area contributed by atoms with E-state index >= 15 is 0 Å². The molecule has 1 aliphatic rings. The number of fused-ring (bicyclic) bond motifs is 1. The van der Waals surface area contributed by atoms with Crippen molar-refractivity contribution >= 4 is 11.3 Å². The predicted octanol–water partition coefficient (Wildman–Crippen LogP) is 1.97. The molecule has 16 heteroatoms. The Labute approximate surface area is 196 Å². The van der Waals surface area contributed by atoms with Crippen LogP contribution < -0.4 is 25.6 Å². The number of alkyl halides is 5. The van der Waals surface area contributed by atoms with Gasteiger partial charge in [0.2, 0.25) is 5.88 Å². The number of nitrogens with one attached hydrogen (secondary N) is 2. The summed E-state index contributed by atoms with van der Waals surface area (Å²) in [5.41, 5.74) is -0.934. The van der Waals surface area contributed by atoms with E-state index in [4.69, 9.17) is 4.74 Å². The Kier molecular flexibility index (Phi) is 5.37. The topological polar surface area (TPSA) is 130 Å². The highest BCUT2D eigenvalue weighted by molar-refractivity contribution is 5.74. The minimum atomic E-state index is -4.93. The summed E-state index contributed by atoms with van der Waals surface area (Å²) in [7, 11) is 0. The summed E-state index contributed by atoms with van der Waals surface area (Å²) in [6.07, 6.45) is -1.92. The van der Waals surface area contributed by atoms with Crippen molar-refractivity contribution in [3.05, 3.63) is 63.8 Å². The molecule has 11 nitrogen and oxygen atoms in total. The Morgan fingerprint density at radius 1 is 1.17 bits per heavy atom. The lowest BCUT2D eigenvalue weighted by Gasteiger charge is -2.19. The summed E-state index contributed by atoms with van der Waals surface area (Å²) in [5, 5.41) is 4.25. The first-order chi connectivity index (χ1) is 17.0. The van der Waals surface area contributed by atoms with Gasteiger partial charge in [-0.1, -0.05) is 0 Å². The summed E-state index contributed by atoms with van der Waals surface area (Å²) < 4.78 is 77.0. The van der Waals surface area contributed by atoms with Gasteiger partial charge in [-0.3, -0.25) is 9.78 Å². The first-order valence-corrected chi connectivity index (χ1v) is 10.2. The van der Waals surface area contributed by atoms with Crippen molar-refractivity contribution in [2.75, 3.05) is 18.0 Å². The third-order valence-corrected chi connectivity index (χ3v) is 5.24. The molecule has 0 aromatic carbocycles. The fraction of sp³-hybridized carbons (Fsp3) is 0.250. The van der Waals surface area contributed by atoms with Gasteiger partial charge in [0.05, 0.1) is 30.5 Å². The molecule has 1 unspecified atom stereocenters. The van der Waals surface area contributed by atoms with Crippen molar-refractivity contribution in [1.82, 2.24) is 29.5 Å². The Morgan fingerprint density at radius 2 is 1.97 bits per heavy atom. The largest absolute Gasteiger partial charge is 0.573 e. The van der Waals surface area contributed by atoms with Crippen molar-refractivity contribution in [2.45, 2.75) is 18.4 Å². The van der Waals surface area contributed by atoms with Crippen LogP contribution in [-0.4, -0.2) is 61.0 Å². The van der Waals surface area contributed by atoms with Crippen molar-refractivity contribution in [3.63, 3.8) is 0 Å². The van der Waals surface area contributed by atoms with Crippen molar-refractivity contribution in [3.8, 4) is 22.9 Å². The van der Waals surface area contributed by atoms with E-state index in [0.29, 0.717) is 6.20 Å². The monoisotopic (exact) mass is 511 g/mol. The average molecular weight is 511 g/mol. The van der Waals surface area contributed by atoms with Crippen LogP contribution in [0.3, 0.4) is 0 Å². The molecule has 4 aromatic rings. The standard InChI is InChI=1S/C20H14F5N7O4/c21-19(22)9-31(8-14(19)35-15-2-1-10(6-27-15)36-20(23,24)25)13-5-12(30-32-4-3-26-16(13)32)11-7-28-18(34)29-17(11)33/h1-7,14H,8-9H2,(H2,28,29,33,34). The van der Waals surface area contributed by atoms with Crippen LogP contribution in [0.25, 0.3) is 16.9 Å². The number of hydrogen-bond acceptors (Lipinski definition) is 8. The lowest BCUT2D eigenvalue weighted by Crippen LogP contribution is -2.36. The van der Waals surface area contributed by atoms with Gasteiger partial charge >= 0.3 is 18.0 Å². The normalized spacial score (nSPS) is 17.5. The maximum absolute atomic E-state index is 14.9. The number of aromatic amines is 2. The summed E-state index contributed by atoms with van der Waals surface area (Å²) in [4.78, 5) is 37.0. The lowest BCUT2D eigenvalue weighted by atomic mass is 10.2. The van der Waals surface area contributed by atoms with E-state index in [1.54, 1.807) is 0 Å². The summed E-state index contributed by atoms with van der Waals surface area (Å²) in [6.45, 7) is -1.13. The van der Waals surface area contributed by atoms with Crippen LogP contribution in [0.4, 0.5) is 27.6 Å². The molecule has 1 atom stereocenters. The predicted molar refractivity (Wildman–Crippen MR) is 112 cm³/mol. The Morgan fingerprint density at radius 3 is 2.67 bits per heavy atom. The maximum atomic E-state index is 14.9. The first-order valence-electron chi connectivity index (χ1n) is 10.2. The van der Waals surface area contributed by atoms with Crippen molar-refractivity contribution in [1.29, 1.82) is 0 Å². The summed E-state index contributed by atoms with van der Waals surface area (Å²) >= 11 is 0. The van der Waals surface area contributed by atoms with E-state index in [1.165, 1.54) is 27.9 Å². The molecule has 2 N–H and O–H groups in total. The SMILES string of the molecule is O=c1[nH]cc(-c2cc(N3CC(Oc4ccc(OC(F)(F)F)cn4)C(F)(F)C3)c3nccn3n2)c(=O)[nH]1. The molecule has 1 fully saturated rings. The second-order valence-corrected chi connectivity index (χ2v) is 7.72. The lowest BCUT2D eigenvalue weighted by molar-refractivity contribution is -0.274. The van der Waals surface area contributed by atoms with Gasteiger partial charge in [-0.25, -0.2) is 28.1 Å². The number of rotatable bonds is 5. The molecule has 0 bridgehead atoms. The molecule has 0 saturated carbocycles. The highest BCUT2D eigenvalue weighted by Gasteiger charge is 2.51. The van der Waals surface area contributed by atoms with Crippen LogP contribution in [-0.2, 0) is 0 Å². The van der Waals surface area contributed by atoms with Gasteiger partial charge in [-0.15, -0.1) is 13.2 Å². The summed E-state index contributed by atoms with van der Waals surface area (Å²) in [6, 6.07) is 3.26. The highest BCUT2D eigenvalue weighted by atomic mass is 19.4. The second-order valence-electron chi connectivity index (χ2n) is 7.72. The number of anilines is 1. The van der Waals surface area contributed by atoms with Gasteiger partial charge in [-0.2, -0.15) is 5.10 Å². The minimum absolute atomic E-state index is 0.00410. The number of hydrogen-bond donors (Lipinski definition) is 2. The highest BCUT2D eigenvalue weighted by Crippen LogP contribution is 2.36. The number of ether oxygens (including phenoxy) is 2. The Bertz CT molecular complexity index is 1530. The number of pyridine rings is 1. The number of aromatic nitrogens is 6. The molecule has 1 saturated heterocycles. The minimum Gasteiger partial charge on any atom is -0.466 e. The smallest absolute Gasteiger partial charge is 0.466 e. The van der Waals surface area contributed by atoms with E-state index in [0.717, 1.165) is 18.3 Å². The molecule has 0 spiro atoms. The van der Waals surface area contributed by atoms with E-state index < -0.39 is 41.9 Å². The van der Waals surface area contributed by atoms with Gasteiger partial charge in [0.15, 0.2) is 11.8 Å². The maximum Gasteiger partial charge on any atom is 0.573 e. The number of H-pyrrole nitrogens is 2. The fourth-order valence-corrected chi connectivity index (χ4v) is 3.70.